The number of aldehydes is 1. The van der Waals surface area contributed by atoms with Gasteiger partial charge in [-0.15, -0.1) is 0 Å². The van der Waals surface area contributed by atoms with E-state index in [1.807, 2.05) is 36.4 Å². The molecule has 2 aromatic carbocycles. The first kappa shape index (κ1) is 13.9. The van der Waals surface area contributed by atoms with Crippen molar-refractivity contribution in [1.29, 1.82) is 0 Å². The number of carbonyl (C=O) groups is 1. The Kier molecular flexibility index (Phi) is 4.79. The zero-order valence-electron chi connectivity index (χ0n) is 10.4. The minimum Gasteiger partial charge on any atom is -0.493 e. The van der Waals surface area contributed by atoms with Crippen molar-refractivity contribution in [3.05, 3.63) is 57.2 Å². The van der Waals surface area contributed by atoms with E-state index in [-0.39, 0.29) is 0 Å². The lowest BCUT2D eigenvalue weighted by atomic mass is 10.2. The highest BCUT2D eigenvalue weighted by atomic mass is 127. The van der Waals surface area contributed by atoms with E-state index >= 15 is 0 Å². The van der Waals surface area contributed by atoms with Crippen molar-refractivity contribution in [3.8, 4) is 11.5 Å². The topological polar surface area (TPSA) is 35.5 Å². The van der Waals surface area contributed by atoms with Crippen molar-refractivity contribution < 1.29 is 14.3 Å². The van der Waals surface area contributed by atoms with E-state index in [2.05, 4.69) is 22.6 Å². The fraction of sp³-hybridized carbons (Fsp3) is 0.133. The summed E-state index contributed by atoms with van der Waals surface area (Å²) in [5, 5.41) is 0. The highest BCUT2D eigenvalue weighted by Crippen LogP contribution is 2.33. The van der Waals surface area contributed by atoms with Crippen molar-refractivity contribution in [2.45, 2.75) is 6.61 Å². The molecule has 0 saturated heterocycles. The second-order valence-corrected chi connectivity index (χ2v) is 5.16. The molecule has 98 valence electrons. The van der Waals surface area contributed by atoms with E-state index < -0.39 is 0 Å². The summed E-state index contributed by atoms with van der Waals surface area (Å²) in [5.74, 6) is 1.06. The van der Waals surface area contributed by atoms with Crippen LogP contribution in [0.15, 0.2) is 42.5 Å². The van der Waals surface area contributed by atoms with Crippen LogP contribution in [-0.2, 0) is 6.61 Å². The molecule has 0 aliphatic rings. The molecule has 2 aromatic rings. The van der Waals surface area contributed by atoms with Crippen LogP contribution < -0.4 is 9.47 Å². The van der Waals surface area contributed by atoms with Gasteiger partial charge in [-0.2, -0.15) is 0 Å². The fourth-order valence-electron chi connectivity index (χ4n) is 1.71. The minimum atomic E-state index is 0.401. The molecular weight excluding hydrogens is 355 g/mol. The van der Waals surface area contributed by atoms with Gasteiger partial charge in [0.05, 0.1) is 12.7 Å². The largest absolute Gasteiger partial charge is 0.493 e. The van der Waals surface area contributed by atoms with Crippen molar-refractivity contribution in [1.82, 2.24) is 0 Å². The van der Waals surface area contributed by atoms with Gasteiger partial charge in [0.15, 0.2) is 17.8 Å². The lowest BCUT2D eigenvalue weighted by Gasteiger charge is -2.13. The highest BCUT2D eigenvalue weighted by Gasteiger charge is 2.12. The third kappa shape index (κ3) is 3.47. The maximum atomic E-state index is 11.1. The van der Waals surface area contributed by atoms with Crippen LogP contribution in [0.2, 0.25) is 0 Å². The molecule has 0 unspecified atom stereocenters. The molecule has 0 spiro atoms. The van der Waals surface area contributed by atoms with Crippen LogP contribution in [0.4, 0.5) is 0 Å². The number of hydrogen-bond donors (Lipinski definition) is 0. The summed E-state index contributed by atoms with van der Waals surface area (Å²) in [6, 6.07) is 13.4. The molecule has 3 nitrogen and oxygen atoms in total. The molecule has 2 rings (SSSR count). The van der Waals surface area contributed by atoms with Crippen LogP contribution in [0.3, 0.4) is 0 Å². The maximum Gasteiger partial charge on any atom is 0.172 e. The first-order valence-electron chi connectivity index (χ1n) is 5.74. The van der Waals surface area contributed by atoms with E-state index in [0.29, 0.717) is 23.7 Å². The van der Waals surface area contributed by atoms with Gasteiger partial charge >= 0.3 is 0 Å². The van der Waals surface area contributed by atoms with E-state index in [0.717, 1.165) is 15.4 Å². The normalized spacial score (nSPS) is 10.0. The monoisotopic (exact) mass is 368 g/mol. The molecule has 0 fully saturated rings. The second-order valence-electron chi connectivity index (χ2n) is 3.92. The third-order valence-electron chi connectivity index (χ3n) is 2.62. The standard InChI is InChI=1S/C15H13IO3/c1-18-14-8-13(16)7-12(9-17)15(14)19-10-11-5-3-2-4-6-11/h2-9H,10H2,1H3. The molecule has 0 aliphatic heterocycles. The van der Waals surface area contributed by atoms with Crippen LogP contribution in [0.1, 0.15) is 15.9 Å². The molecule has 0 N–H and O–H groups in total. The van der Waals surface area contributed by atoms with E-state index in [9.17, 15) is 4.79 Å². The summed E-state index contributed by atoms with van der Waals surface area (Å²) in [4.78, 5) is 11.1. The first-order valence-corrected chi connectivity index (χ1v) is 6.82. The molecule has 0 heterocycles. The molecule has 4 heteroatoms. The summed E-state index contributed by atoms with van der Waals surface area (Å²) in [5.41, 5.74) is 1.54. The van der Waals surface area contributed by atoms with E-state index in [1.54, 1.807) is 13.2 Å². The van der Waals surface area contributed by atoms with E-state index in [1.165, 1.54) is 0 Å². The smallest absolute Gasteiger partial charge is 0.172 e. The Balaban J connectivity index is 2.26. The number of benzene rings is 2. The van der Waals surface area contributed by atoms with Gasteiger partial charge < -0.3 is 9.47 Å². The Morgan fingerprint density at radius 3 is 2.58 bits per heavy atom. The molecule has 0 amide bonds. The molecule has 0 aliphatic carbocycles. The van der Waals surface area contributed by atoms with Gasteiger partial charge in [-0.05, 0) is 40.3 Å². The second kappa shape index (κ2) is 6.56. The van der Waals surface area contributed by atoms with Crippen LogP contribution in [0.25, 0.3) is 0 Å². The lowest BCUT2D eigenvalue weighted by Crippen LogP contribution is -2.01. The summed E-state index contributed by atoms with van der Waals surface area (Å²) < 4.78 is 11.9. The predicted molar refractivity (Wildman–Crippen MR) is 81.9 cm³/mol. The van der Waals surface area contributed by atoms with Crippen LogP contribution in [0, 0.1) is 3.57 Å². The highest BCUT2D eigenvalue weighted by molar-refractivity contribution is 14.1. The zero-order chi connectivity index (χ0) is 13.7. The van der Waals surface area contributed by atoms with Crippen molar-refractivity contribution in [2.24, 2.45) is 0 Å². The molecule has 0 radical (unpaired) electrons. The zero-order valence-corrected chi connectivity index (χ0v) is 12.6. The van der Waals surface area contributed by atoms with Crippen LogP contribution in [-0.4, -0.2) is 13.4 Å². The Bertz CT molecular complexity index is 567. The Labute approximate surface area is 125 Å². The van der Waals surface area contributed by atoms with Crippen LogP contribution >= 0.6 is 22.6 Å². The minimum absolute atomic E-state index is 0.401. The summed E-state index contributed by atoms with van der Waals surface area (Å²) in [6.07, 6.45) is 0.783. The van der Waals surface area contributed by atoms with Gasteiger partial charge in [-0.25, -0.2) is 0 Å². The third-order valence-corrected chi connectivity index (χ3v) is 3.24. The number of carbonyl (C=O) groups excluding carboxylic acids is 1. The van der Waals surface area contributed by atoms with Gasteiger partial charge in [-0.3, -0.25) is 4.79 Å². The molecule has 19 heavy (non-hydrogen) atoms. The maximum absolute atomic E-state index is 11.1. The van der Waals surface area contributed by atoms with Gasteiger partial charge in [0.1, 0.15) is 6.61 Å². The first-order chi connectivity index (χ1) is 9.24. The molecule has 0 atom stereocenters. The summed E-state index contributed by atoms with van der Waals surface area (Å²) >= 11 is 2.14. The quantitative estimate of drug-likeness (QED) is 0.597. The number of ether oxygens (including phenoxy) is 2. The van der Waals surface area contributed by atoms with Gasteiger partial charge in [0.2, 0.25) is 0 Å². The van der Waals surface area contributed by atoms with E-state index in [4.69, 9.17) is 9.47 Å². The fourth-order valence-corrected chi connectivity index (χ4v) is 2.33. The average molecular weight is 368 g/mol. The molecule has 0 saturated carbocycles. The Morgan fingerprint density at radius 1 is 1.21 bits per heavy atom. The van der Waals surface area contributed by atoms with Gasteiger partial charge in [-0.1, -0.05) is 30.3 Å². The van der Waals surface area contributed by atoms with Crippen molar-refractivity contribution >= 4 is 28.9 Å². The molecular formula is C15H13IO3. The summed E-state index contributed by atoms with van der Waals surface area (Å²) in [6.45, 7) is 0.401. The average Bonchev–Trinajstić information content (AvgIpc) is 2.46. The van der Waals surface area contributed by atoms with Gasteiger partial charge in [0, 0.05) is 3.57 Å². The number of hydrogen-bond acceptors (Lipinski definition) is 3. The summed E-state index contributed by atoms with van der Waals surface area (Å²) in [7, 11) is 1.56. The predicted octanol–water partition coefficient (Wildman–Crippen LogP) is 3.69. The SMILES string of the molecule is COc1cc(I)cc(C=O)c1OCc1ccccc1. The lowest BCUT2D eigenvalue weighted by molar-refractivity contribution is 0.111. The number of methoxy groups -OCH3 is 1. The molecule has 0 bridgehead atoms. The van der Waals surface area contributed by atoms with Gasteiger partial charge in [0.25, 0.3) is 0 Å². The number of halogens is 1. The number of rotatable bonds is 5. The molecule has 0 aromatic heterocycles. The Morgan fingerprint density at radius 2 is 1.95 bits per heavy atom. The Hall–Kier alpha value is -1.56. The van der Waals surface area contributed by atoms with Crippen LogP contribution in [0.5, 0.6) is 11.5 Å². The van der Waals surface area contributed by atoms with Crippen molar-refractivity contribution in [3.63, 3.8) is 0 Å². The van der Waals surface area contributed by atoms with Crippen molar-refractivity contribution in [2.75, 3.05) is 7.11 Å².